The average molecular weight is 131 g/mol. The van der Waals surface area contributed by atoms with Crippen LogP contribution in [0, 0.1) is 0 Å². The van der Waals surface area contributed by atoms with Crippen molar-refractivity contribution in [1.29, 1.82) is 0 Å². The molecule has 4 N–H and O–H groups in total. The van der Waals surface area contributed by atoms with Crippen molar-refractivity contribution < 1.29 is 4.79 Å². The number of rotatable bonds is 2. The number of urea groups is 1. The minimum atomic E-state index is -0.329. The summed E-state index contributed by atoms with van der Waals surface area (Å²) in [4.78, 5) is 10.4. The first-order valence-electron chi connectivity index (χ1n) is 2.97. The zero-order valence-corrected chi connectivity index (χ0v) is 5.77. The highest BCUT2D eigenvalue weighted by Gasteiger charge is 2.00. The zero-order chi connectivity index (χ0) is 7.28. The van der Waals surface area contributed by atoms with E-state index in [0.29, 0.717) is 0 Å². The predicted octanol–water partition coefficient (Wildman–Crippen LogP) is -0.0422. The maximum absolute atomic E-state index is 10.4. The number of hydrogen-bond acceptors (Lipinski definition) is 2. The molecule has 0 rings (SSSR count). The molecule has 0 aliphatic heterocycles. The summed E-state index contributed by atoms with van der Waals surface area (Å²) < 4.78 is 0. The number of hydrogen-bond donors (Lipinski definition) is 3. The summed E-state index contributed by atoms with van der Waals surface area (Å²) in [5, 5.41) is 2.60. The molecule has 0 radical (unpaired) electrons. The van der Waals surface area contributed by atoms with E-state index in [4.69, 9.17) is 5.84 Å². The van der Waals surface area contributed by atoms with E-state index in [-0.39, 0.29) is 12.1 Å². The van der Waals surface area contributed by atoms with Gasteiger partial charge in [-0.3, -0.25) is 5.43 Å². The second-order valence-electron chi connectivity index (χ2n) is 1.93. The first kappa shape index (κ1) is 8.23. The van der Waals surface area contributed by atoms with Crippen molar-refractivity contribution in [3.63, 3.8) is 0 Å². The third-order valence-electron chi connectivity index (χ3n) is 1.12. The molecule has 0 aliphatic rings. The van der Waals surface area contributed by atoms with E-state index in [0.717, 1.165) is 6.42 Å². The van der Waals surface area contributed by atoms with Gasteiger partial charge in [0.1, 0.15) is 0 Å². The molecule has 9 heavy (non-hydrogen) atoms. The quantitative estimate of drug-likeness (QED) is 0.279. The molecule has 0 aromatic carbocycles. The Labute approximate surface area is 54.8 Å². The lowest BCUT2D eigenvalue weighted by Gasteiger charge is -2.09. The molecule has 0 fully saturated rings. The van der Waals surface area contributed by atoms with Crippen LogP contribution < -0.4 is 16.6 Å². The first-order chi connectivity index (χ1) is 4.20. The Morgan fingerprint density at radius 2 is 2.33 bits per heavy atom. The lowest BCUT2D eigenvalue weighted by molar-refractivity contribution is 0.237. The number of nitrogens with one attached hydrogen (secondary N) is 2. The van der Waals surface area contributed by atoms with Gasteiger partial charge in [-0.15, -0.1) is 0 Å². The number of carbonyl (C=O) groups is 1. The van der Waals surface area contributed by atoms with Gasteiger partial charge in [0.2, 0.25) is 0 Å². The Kier molecular flexibility index (Phi) is 3.79. The van der Waals surface area contributed by atoms with E-state index in [1.54, 1.807) is 0 Å². The summed E-state index contributed by atoms with van der Waals surface area (Å²) in [5.74, 6) is 4.81. The zero-order valence-electron chi connectivity index (χ0n) is 5.77. The molecule has 1 unspecified atom stereocenters. The normalized spacial score (nSPS) is 12.3. The first-order valence-corrected chi connectivity index (χ1v) is 2.97. The van der Waals surface area contributed by atoms with Gasteiger partial charge in [0.25, 0.3) is 0 Å². The molecule has 0 heterocycles. The third-order valence-corrected chi connectivity index (χ3v) is 1.12. The molecule has 0 aromatic heterocycles. The van der Waals surface area contributed by atoms with Gasteiger partial charge in [0, 0.05) is 6.04 Å². The maximum atomic E-state index is 10.4. The Balaban J connectivity index is 3.34. The van der Waals surface area contributed by atoms with Gasteiger partial charge >= 0.3 is 6.03 Å². The Hall–Kier alpha value is -0.770. The lowest BCUT2D eigenvalue weighted by Crippen LogP contribution is -2.43. The summed E-state index contributed by atoms with van der Waals surface area (Å²) in [5.41, 5.74) is 1.98. The highest BCUT2D eigenvalue weighted by molar-refractivity contribution is 5.73. The summed E-state index contributed by atoms with van der Waals surface area (Å²) >= 11 is 0. The number of nitrogens with two attached hydrogens (primary N) is 1. The average Bonchev–Trinajstić information content (AvgIpc) is 1.87. The van der Waals surface area contributed by atoms with Crippen molar-refractivity contribution >= 4 is 6.03 Å². The molecular weight excluding hydrogens is 118 g/mol. The second-order valence-corrected chi connectivity index (χ2v) is 1.93. The van der Waals surface area contributed by atoms with Crippen LogP contribution in [0.15, 0.2) is 0 Å². The fourth-order valence-corrected chi connectivity index (χ4v) is 0.368. The minimum Gasteiger partial charge on any atom is -0.335 e. The number of hydrazine groups is 1. The van der Waals surface area contributed by atoms with E-state index in [9.17, 15) is 4.79 Å². The van der Waals surface area contributed by atoms with Crippen LogP contribution in [0.2, 0.25) is 0 Å². The van der Waals surface area contributed by atoms with Crippen molar-refractivity contribution in [3.8, 4) is 0 Å². The Morgan fingerprint density at radius 3 is 2.67 bits per heavy atom. The van der Waals surface area contributed by atoms with Crippen molar-refractivity contribution in [2.24, 2.45) is 5.84 Å². The van der Waals surface area contributed by atoms with Gasteiger partial charge in [-0.1, -0.05) is 6.92 Å². The van der Waals surface area contributed by atoms with Gasteiger partial charge in [0.15, 0.2) is 0 Å². The molecular formula is C5H13N3O. The van der Waals surface area contributed by atoms with E-state index >= 15 is 0 Å². The van der Waals surface area contributed by atoms with E-state index in [1.807, 2.05) is 19.3 Å². The Bertz CT molecular complexity index is 94.2. The van der Waals surface area contributed by atoms with Gasteiger partial charge in [-0.05, 0) is 13.3 Å². The van der Waals surface area contributed by atoms with E-state index < -0.39 is 0 Å². The highest BCUT2D eigenvalue weighted by Crippen LogP contribution is 1.85. The van der Waals surface area contributed by atoms with Crippen molar-refractivity contribution in [2.75, 3.05) is 0 Å². The summed E-state index contributed by atoms with van der Waals surface area (Å²) in [6, 6.07) is -0.141. The molecule has 0 bridgehead atoms. The van der Waals surface area contributed by atoms with Crippen LogP contribution in [0.3, 0.4) is 0 Å². The molecule has 54 valence electrons. The minimum absolute atomic E-state index is 0.188. The second kappa shape index (κ2) is 4.14. The highest BCUT2D eigenvalue weighted by atomic mass is 16.2. The molecule has 0 aliphatic carbocycles. The Morgan fingerprint density at radius 1 is 1.78 bits per heavy atom. The van der Waals surface area contributed by atoms with Gasteiger partial charge in [-0.2, -0.15) is 0 Å². The van der Waals surface area contributed by atoms with Crippen LogP contribution in [-0.2, 0) is 0 Å². The molecule has 0 saturated heterocycles. The van der Waals surface area contributed by atoms with Gasteiger partial charge in [0.05, 0.1) is 0 Å². The largest absolute Gasteiger partial charge is 0.335 e. The molecule has 4 heteroatoms. The van der Waals surface area contributed by atoms with Crippen LogP contribution in [0.4, 0.5) is 4.79 Å². The third kappa shape index (κ3) is 3.78. The summed E-state index contributed by atoms with van der Waals surface area (Å²) in [6.07, 6.45) is 0.910. The molecule has 0 saturated carbocycles. The van der Waals surface area contributed by atoms with E-state index in [2.05, 4.69) is 5.32 Å². The van der Waals surface area contributed by atoms with Crippen molar-refractivity contribution in [1.82, 2.24) is 10.7 Å². The van der Waals surface area contributed by atoms with E-state index in [1.165, 1.54) is 0 Å². The number of carbonyl (C=O) groups excluding carboxylic acids is 1. The van der Waals surface area contributed by atoms with Gasteiger partial charge in [-0.25, -0.2) is 10.6 Å². The van der Waals surface area contributed by atoms with Crippen LogP contribution in [0.25, 0.3) is 0 Å². The van der Waals surface area contributed by atoms with Gasteiger partial charge < -0.3 is 5.32 Å². The summed E-state index contributed by atoms with van der Waals surface area (Å²) in [6.45, 7) is 3.90. The molecule has 4 nitrogen and oxygen atoms in total. The molecule has 2 amide bonds. The molecule has 0 aromatic rings. The summed E-state index contributed by atoms with van der Waals surface area (Å²) in [7, 11) is 0. The van der Waals surface area contributed by atoms with Crippen molar-refractivity contribution in [2.45, 2.75) is 26.3 Å². The van der Waals surface area contributed by atoms with Crippen LogP contribution in [0.1, 0.15) is 20.3 Å². The standard InChI is InChI=1S/C5H13N3O/c1-3-4(2)7-5(9)8-6/h4H,3,6H2,1-2H3,(H2,7,8,9). The number of amides is 2. The fraction of sp³-hybridized carbons (Fsp3) is 0.800. The smallest absolute Gasteiger partial charge is 0.329 e. The predicted molar refractivity (Wildman–Crippen MR) is 35.6 cm³/mol. The van der Waals surface area contributed by atoms with Crippen LogP contribution in [0.5, 0.6) is 0 Å². The van der Waals surface area contributed by atoms with Crippen LogP contribution in [-0.4, -0.2) is 12.1 Å². The lowest BCUT2D eigenvalue weighted by atomic mass is 10.3. The van der Waals surface area contributed by atoms with Crippen molar-refractivity contribution in [3.05, 3.63) is 0 Å². The SMILES string of the molecule is CCC(C)NC(=O)NN. The molecule has 1 atom stereocenters. The fourth-order valence-electron chi connectivity index (χ4n) is 0.368. The maximum Gasteiger partial charge on any atom is 0.329 e. The topological polar surface area (TPSA) is 67.2 Å². The molecule has 0 spiro atoms. The van der Waals surface area contributed by atoms with Crippen LogP contribution >= 0.6 is 0 Å². The monoisotopic (exact) mass is 131 g/mol.